The van der Waals surface area contributed by atoms with Gasteiger partial charge in [-0.3, -0.25) is 14.5 Å². The molecule has 0 saturated carbocycles. The number of carbonyl (C=O) groups is 2. The molecule has 2 amide bonds. The molecular weight excluding hydrogens is 330 g/mol. The number of hydrogen-bond acceptors (Lipinski definition) is 4. The highest BCUT2D eigenvalue weighted by atomic mass is 16.5. The summed E-state index contributed by atoms with van der Waals surface area (Å²) in [5, 5.41) is 3.23. The molecule has 0 spiro atoms. The van der Waals surface area contributed by atoms with Crippen molar-refractivity contribution < 1.29 is 14.3 Å². The van der Waals surface area contributed by atoms with Crippen molar-refractivity contribution in [1.29, 1.82) is 0 Å². The van der Waals surface area contributed by atoms with Gasteiger partial charge in [0.15, 0.2) is 0 Å². The number of amides is 2. The number of rotatable bonds is 4. The first-order chi connectivity index (χ1) is 12.3. The zero-order chi connectivity index (χ0) is 18.7. The maximum Gasteiger partial charge on any atom is 0.243 e. The lowest BCUT2D eigenvalue weighted by molar-refractivity contribution is -0.140. The second-order valence-corrected chi connectivity index (χ2v) is 9.32. The Hall–Kier alpha value is -1.14. The predicted molar refractivity (Wildman–Crippen MR) is 101 cm³/mol. The lowest BCUT2D eigenvalue weighted by atomic mass is 9.91. The van der Waals surface area contributed by atoms with Crippen LogP contribution in [0.2, 0.25) is 0 Å². The topological polar surface area (TPSA) is 61.9 Å². The Morgan fingerprint density at radius 3 is 2.42 bits per heavy atom. The standard InChI is InChI=1S/C20H35N3O3/c1-20(2,3)13-18(24)23-9-4-5-17(23)19(25)21-15-6-10-22(11-7-15)16-8-12-26-14-16/h15-17H,4-14H2,1-3H3,(H,21,25)/t16-,17-/m1/s1. The Morgan fingerprint density at radius 1 is 1.08 bits per heavy atom. The fourth-order valence-corrected chi connectivity index (χ4v) is 4.41. The molecule has 0 aromatic heterocycles. The molecule has 3 fully saturated rings. The van der Waals surface area contributed by atoms with Crippen LogP contribution in [0.1, 0.15) is 59.3 Å². The van der Waals surface area contributed by atoms with E-state index in [2.05, 4.69) is 31.0 Å². The van der Waals surface area contributed by atoms with Gasteiger partial charge in [0.1, 0.15) is 6.04 Å². The molecule has 3 heterocycles. The molecule has 0 bridgehead atoms. The van der Waals surface area contributed by atoms with Crippen molar-refractivity contribution in [2.75, 3.05) is 32.8 Å². The molecule has 0 aromatic carbocycles. The van der Waals surface area contributed by atoms with Crippen molar-refractivity contribution in [3.8, 4) is 0 Å². The quantitative estimate of drug-likeness (QED) is 0.825. The second kappa shape index (κ2) is 8.26. The Kier molecular flexibility index (Phi) is 6.23. The number of likely N-dealkylation sites (tertiary alicyclic amines) is 2. The van der Waals surface area contributed by atoms with E-state index in [1.54, 1.807) is 0 Å². The summed E-state index contributed by atoms with van der Waals surface area (Å²) in [6.07, 6.45) is 5.33. The van der Waals surface area contributed by atoms with Gasteiger partial charge in [-0.05, 0) is 37.5 Å². The van der Waals surface area contributed by atoms with Crippen LogP contribution in [-0.2, 0) is 14.3 Å². The highest BCUT2D eigenvalue weighted by Gasteiger charge is 2.36. The molecule has 6 heteroatoms. The van der Waals surface area contributed by atoms with Crippen LogP contribution in [-0.4, -0.2) is 72.6 Å². The van der Waals surface area contributed by atoms with Crippen LogP contribution in [0.5, 0.6) is 0 Å². The molecule has 3 aliphatic rings. The van der Waals surface area contributed by atoms with Gasteiger partial charge in [0.05, 0.1) is 6.61 Å². The first-order valence-electron chi connectivity index (χ1n) is 10.2. The number of hydrogen-bond donors (Lipinski definition) is 1. The van der Waals surface area contributed by atoms with Crippen LogP contribution in [0.25, 0.3) is 0 Å². The lowest BCUT2D eigenvalue weighted by Gasteiger charge is -2.36. The van der Waals surface area contributed by atoms with E-state index in [-0.39, 0.29) is 29.3 Å². The van der Waals surface area contributed by atoms with E-state index >= 15 is 0 Å². The van der Waals surface area contributed by atoms with Crippen molar-refractivity contribution in [1.82, 2.24) is 15.1 Å². The van der Waals surface area contributed by atoms with Crippen LogP contribution in [0.15, 0.2) is 0 Å². The van der Waals surface area contributed by atoms with Gasteiger partial charge in [0.25, 0.3) is 0 Å². The van der Waals surface area contributed by atoms with E-state index in [4.69, 9.17) is 4.74 Å². The van der Waals surface area contributed by atoms with Crippen molar-refractivity contribution >= 4 is 11.8 Å². The summed E-state index contributed by atoms with van der Waals surface area (Å²) in [5.41, 5.74) is -0.0442. The molecular formula is C20H35N3O3. The van der Waals surface area contributed by atoms with Gasteiger partial charge in [0, 0.05) is 44.7 Å². The van der Waals surface area contributed by atoms with Gasteiger partial charge < -0.3 is 15.0 Å². The molecule has 26 heavy (non-hydrogen) atoms. The number of piperidine rings is 1. The van der Waals surface area contributed by atoms with E-state index < -0.39 is 0 Å². The van der Waals surface area contributed by atoms with Gasteiger partial charge >= 0.3 is 0 Å². The van der Waals surface area contributed by atoms with Crippen LogP contribution in [0.3, 0.4) is 0 Å². The Bertz CT molecular complexity index is 503. The highest BCUT2D eigenvalue weighted by Crippen LogP contribution is 2.25. The Labute approximate surface area is 157 Å². The average Bonchev–Trinajstić information content (AvgIpc) is 3.26. The molecule has 3 rings (SSSR count). The van der Waals surface area contributed by atoms with Crippen LogP contribution < -0.4 is 5.32 Å². The minimum absolute atomic E-state index is 0.0442. The zero-order valence-corrected chi connectivity index (χ0v) is 16.6. The summed E-state index contributed by atoms with van der Waals surface area (Å²) in [7, 11) is 0. The van der Waals surface area contributed by atoms with E-state index in [1.807, 2.05) is 4.90 Å². The smallest absolute Gasteiger partial charge is 0.243 e. The summed E-state index contributed by atoms with van der Waals surface area (Å²) in [6.45, 7) is 10.7. The van der Waals surface area contributed by atoms with Crippen LogP contribution in [0, 0.1) is 5.41 Å². The van der Waals surface area contributed by atoms with Crippen molar-refractivity contribution in [2.45, 2.75) is 77.4 Å². The third-order valence-electron chi connectivity index (χ3n) is 5.86. The Morgan fingerprint density at radius 2 is 1.81 bits per heavy atom. The molecule has 1 N–H and O–H groups in total. The summed E-state index contributed by atoms with van der Waals surface area (Å²) in [4.78, 5) is 29.7. The fraction of sp³-hybridized carbons (Fsp3) is 0.900. The lowest BCUT2D eigenvalue weighted by Crippen LogP contribution is -2.52. The van der Waals surface area contributed by atoms with Gasteiger partial charge in [-0.1, -0.05) is 20.8 Å². The first kappa shape index (κ1) is 19.6. The van der Waals surface area contributed by atoms with Crippen molar-refractivity contribution in [2.24, 2.45) is 5.41 Å². The van der Waals surface area contributed by atoms with Gasteiger partial charge in [-0.2, -0.15) is 0 Å². The maximum absolute atomic E-state index is 12.8. The van der Waals surface area contributed by atoms with E-state index in [0.717, 1.165) is 58.4 Å². The van der Waals surface area contributed by atoms with E-state index in [1.165, 1.54) is 0 Å². The fourth-order valence-electron chi connectivity index (χ4n) is 4.41. The average molecular weight is 366 g/mol. The number of carbonyl (C=O) groups excluding carboxylic acids is 2. The van der Waals surface area contributed by atoms with Gasteiger partial charge in [-0.25, -0.2) is 0 Å². The number of nitrogens with zero attached hydrogens (tertiary/aromatic N) is 2. The number of ether oxygens (including phenoxy) is 1. The van der Waals surface area contributed by atoms with Crippen molar-refractivity contribution in [3.05, 3.63) is 0 Å². The summed E-state index contributed by atoms with van der Waals surface area (Å²) in [6, 6.07) is 0.527. The molecule has 0 aliphatic carbocycles. The Balaban J connectivity index is 1.47. The minimum Gasteiger partial charge on any atom is -0.380 e. The molecule has 3 saturated heterocycles. The van der Waals surface area contributed by atoms with Crippen molar-refractivity contribution in [3.63, 3.8) is 0 Å². The third-order valence-corrected chi connectivity index (χ3v) is 5.86. The molecule has 2 atom stereocenters. The monoisotopic (exact) mass is 365 g/mol. The minimum atomic E-state index is -0.272. The third kappa shape index (κ3) is 4.97. The van der Waals surface area contributed by atoms with Crippen LogP contribution >= 0.6 is 0 Å². The molecule has 0 aromatic rings. The molecule has 0 radical (unpaired) electrons. The largest absolute Gasteiger partial charge is 0.380 e. The summed E-state index contributed by atoms with van der Waals surface area (Å²) < 4.78 is 5.49. The SMILES string of the molecule is CC(C)(C)CC(=O)N1CCC[C@@H]1C(=O)NC1CCN([C@@H]2CCOC2)CC1. The molecule has 6 nitrogen and oxygen atoms in total. The van der Waals surface area contributed by atoms with E-state index in [0.29, 0.717) is 19.0 Å². The van der Waals surface area contributed by atoms with E-state index in [9.17, 15) is 9.59 Å². The zero-order valence-electron chi connectivity index (χ0n) is 16.6. The molecule has 3 aliphatic heterocycles. The van der Waals surface area contributed by atoms with Gasteiger partial charge in [0.2, 0.25) is 11.8 Å². The van der Waals surface area contributed by atoms with Gasteiger partial charge in [-0.15, -0.1) is 0 Å². The first-order valence-corrected chi connectivity index (χ1v) is 10.2. The van der Waals surface area contributed by atoms with Crippen LogP contribution in [0.4, 0.5) is 0 Å². The number of nitrogens with one attached hydrogen (secondary N) is 1. The summed E-state index contributed by atoms with van der Waals surface area (Å²) >= 11 is 0. The summed E-state index contributed by atoms with van der Waals surface area (Å²) in [5.74, 6) is 0.165. The maximum atomic E-state index is 12.8. The normalized spacial score (nSPS) is 28.5. The molecule has 148 valence electrons. The highest BCUT2D eigenvalue weighted by molar-refractivity contribution is 5.88. The molecule has 0 unspecified atom stereocenters. The predicted octanol–water partition coefficient (Wildman–Crippen LogP) is 1.78. The second-order valence-electron chi connectivity index (χ2n) is 9.32.